The molecule has 2 nitrogen and oxygen atoms in total. The second-order valence-electron chi connectivity index (χ2n) is 2.78. The molecule has 0 amide bonds. The van der Waals surface area contributed by atoms with E-state index in [1.165, 1.54) is 12.8 Å². The summed E-state index contributed by atoms with van der Waals surface area (Å²) in [5.74, 6) is 2.04. The van der Waals surface area contributed by atoms with Crippen LogP contribution in [0.15, 0.2) is 0 Å². The lowest BCUT2D eigenvalue weighted by Crippen LogP contribution is -2.31. The van der Waals surface area contributed by atoms with E-state index < -0.39 is 0 Å². The van der Waals surface area contributed by atoms with Gasteiger partial charge in [-0.05, 0) is 18.6 Å². The van der Waals surface area contributed by atoms with Gasteiger partial charge in [-0.3, -0.25) is 5.32 Å². The third-order valence-corrected chi connectivity index (χ3v) is 2.64. The van der Waals surface area contributed by atoms with Gasteiger partial charge < -0.3 is 0 Å². The third-order valence-electron chi connectivity index (χ3n) is 1.66. The molecular weight excluding hydrogens is 156 g/mol. The highest BCUT2D eigenvalue weighted by atomic mass is 32.2. The predicted octanol–water partition coefficient (Wildman–Crippen LogP) is 1.38. The van der Waals surface area contributed by atoms with Gasteiger partial charge in [0, 0.05) is 11.8 Å². The monoisotopic (exact) mass is 170 g/mol. The molecule has 1 aliphatic rings. The van der Waals surface area contributed by atoms with Crippen LogP contribution in [0.5, 0.6) is 0 Å². The van der Waals surface area contributed by atoms with Crippen molar-refractivity contribution in [2.75, 3.05) is 11.5 Å². The Kier molecular flexibility index (Phi) is 3.74. The van der Waals surface area contributed by atoms with Gasteiger partial charge in [0.25, 0.3) is 0 Å². The average molecular weight is 170 g/mol. The van der Waals surface area contributed by atoms with E-state index in [0.717, 1.165) is 11.5 Å². The normalized spacial score (nSPS) is 19.3. The van der Waals surface area contributed by atoms with Crippen molar-refractivity contribution in [3.8, 4) is 6.07 Å². The standard InChI is InChI=1S/C8H14N2S/c1-2-11-6-8(5-9)10-7-3-4-7/h7-8,10H,2-4,6H2,1H3. The molecule has 0 aliphatic heterocycles. The summed E-state index contributed by atoms with van der Waals surface area (Å²) < 4.78 is 0. The Labute approximate surface area is 72.4 Å². The van der Waals surface area contributed by atoms with Crippen LogP contribution in [0.25, 0.3) is 0 Å². The lowest BCUT2D eigenvalue weighted by molar-refractivity contribution is 0.644. The molecule has 1 N–H and O–H groups in total. The topological polar surface area (TPSA) is 35.8 Å². The van der Waals surface area contributed by atoms with Gasteiger partial charge in [0.2, 0.25) is 0 Å². The van der Waals surface area contributed by atoms with Crippen LogP contribution in [0.1, 0.15) is 19.8 Å². The van der Waals surface area contributed by atoms with E-state index in [2.05, 4.69) is 18.3 Å². The summed E-state index contributed by atoms with van der Waals surface area (Å²) in [5.41, 5.74) is 0. The molecule has 0 heterocycles. The SMILES string of the molecule is CCSCC(C#N)NC1CC1. The molecule has 1 aliphatic carbocycles. The van der Waals surface area contributed by atoms with Crippen LogP contribution in [0.4, 0.5) is 0 Å². The molecule has 1 atom stereocenters. The number of hydrogen-bond donors (Lipinski definition) is 1. The first-order valence-electron chi connectivity index (χ1n) is 4.10. The van der Waals surface area contributed by atoms with Gasteiger partial charge in [-0.15, -0.1) is 0 Å². The van der Waals surface area contributed by atoms with Gasteiger partial charge >= 0.3 is 0 Å². The van der Waals surface area contributed by atoms with E-state index >= 15 is 0 Å². The van der Waals surface area contributed by atoms with Crippen LogP contribution in [0.3, 0.4) is 0 Å². The van der Waals surface area contributed by atoms with Crippen molar-refractivity contribution in [1.29, 1.82) is 5.26 Å². The molecule has 3 heteroatoms. The molecule has 62 valence electrons. The Morgan fingerprint density at radius 3 is 2.91 bits per heavy atom. The Balaban J connectivity index is 2.09. The van der Waals surface area contributed by atoms with E-state index in [1.54, 1.807) is 0 Å². The lowest BCUT2D eigenvalue weighted by Gasteiger charge is -2.08. The molecule has 11 heavy (non-hydrogen) atoms. The van der Waals surface area contributed by atoms with Gasteiger partial charge in [-0.25, -0.2) is 0 Å². The molecule has 1 fully saturated rings. The quantitative estimate of drug-likeness (QED) is 0.677. The van der Waals surface area contributed by atoms with E-state index in [0.29, 0.717) is 6.04 Å². The Morgan fingerprint density at radius 1 is 1.73 bits per heavy atom. The zero-order valence-corrected chi connectivity index (χ0v) is 7.66. The minimum absolute atomic E-state index is 0.0763. The average Bonchev–Trinajstić information content (AvgIpc) is 2.81. The molecule has 0 aromatic rings. The van der Waals surface area contributed by atoms with Crippen molar-refractivity contribution in [3.63, 3.8) is 0 Å². The molecule has 0 radical (unpaired) electrons. The molecular formula is C8H14N2S. The van der Waals surface area contributed by atoms with Crippen LogP contribution < -0.4 is 5.32 Å². The Bertz CT molecular complexity index is 149. The van der Waals surface area contributed by atoms with Crippen molar-refractivity contribution in [2.45, 2.75) is 31.8 Å². The van der Waals surface area contributed by atoms with Crippen LogP contribution in [-0.4, -0.2) is 23.6 Å². The van der Waals surface area contributed by atoms with E-state index in [1.807, 2.05) is 11.8 Å². The maximum Gasteiger partial charge on any atom is 0.105 e. The van der Waals surface area contributed by atoms with Crippen molar-refractivity contribution < 1.29 is 0 Å². The second-order valence-corrected chi connectivity index (χ2v) is 4.10. The second kappa shape index (κ2) is 4.63. The van der Waals surface area contributed by atoms with Crippen molar-refractivity contribution in [2.24, 2.45) is 0 Å². The molecule has 1 saturated carbocycles. The number of hydrogen-bond acceptors (Lipinski definition) is 3. The smallest absolute Gasteiger partial charge is 0.105 e. The molecule has 0 saturated heterocycles. The number of rotatable bonds is 5. The van der Waals surface area contributed by atoms with Crippen molar-refractivity contribution >= 4 is 11.8 Å². The first-order valence-corrected chi connectivity index (χ1v) is 5.25. The number of nitriles is 1. The minimum atomic E-state index is 0.0763. The molecule has 1 rings (SSSR count). The fourth-order valence-corrected chi connectivity index (χ4v) is 1.54. The summed E-state index contributed by atoms with van der Waals surface area (Å²) >= 11 is 1.83. The van der Waals surface area contributed by atoms with Gasteiger partial charge in [-0.2, -0.15) is 17.0 Å². The zero-order valence-electron chi connectivity index (χ0n) is 6.84. The third kappa shape index (κ3) is 3.64. The van der Waals surface area contributed by atoms with Crippen molar-refractivity contribution in [3.05, 3.63) is 0 Å². The van der Waals surface area contributed by atoms with Crippen LogP contribution in [0, 0.1) is 11.3 Å². The summed E-state index contributed by atoms with van der Waals surface area (Å²) in [6.45, 7) is 2.12. The summed E-state index contributed by atoms with van der Waals surface area (Å²) in [6.07, 6.45) is 2.52. The van der Waals surface area contributed by atoms with E-state index in [4.69, 9.17) is 5.26 Å². The van der Waals surface area contributed by atoms with Crippen LogP contribution in [-0.2, 0) is 0 Å². The number of nitrogens with zero attached hydrogens (tertiary/aromatic N) is 1. The molecule has 0 aromatic carbocycles. The van der Waals surface area contributed by atoms with Gasteiger partial charge in [0.15, 0.2) is 0 Å². The summed E-state index contributed by atoms with van der Waals surface area (Å²) in [4.78, 5) is 0. The van der Waals surface area contributed by atoms with E-state index in [9.17, 15) is 0 Å². The predicted molar refractivity (Wildman–Crippen MR) is 48.6 cm³/mol. The first kappa shape index (κ1) is 8.89. The highest BCUT2D eigenvalue weighted by molar-refractivity contribution is 7.99. The largest absolute Gasteiger partial charge is 0.298 e. The Hall–Kier alpha value is -0.200. The summed E-state index contributed by atoms with van der Waals surface area (Å²) in [7, 11) is 0. The van der Waals surface area contributed by atoms with Gasteiger partial charge in [0.1, 0.15) is 6.04 Å². The highest BCUT2D eigenvalue weighted by Crippen LogP contribution is 2.19. The van der Waals surface area contributed by atoms with Crippen molar-refractivity contribution in [1.82, 2.24) is 5.32 Å². The molecule has 0 bridgehead atoms. The fraction of sp³-hybridized carbons (Fsp3) is 0.875. The maximum absolute atomic E-state index is 8.70. The summed E-state index contributed by atoms with van der Waals surface area (Å²) in [5, 5.41) is 12.0. The van der Waals surface area contributed by atoms with Crippen LogP contribution in [0.2, 0.25) is 0 Å². The maximum atomic E-state index is 8.70. The number of thioether (sulfide) groups is 1. The van der Waals surface area contributed by atoms with Gasteiger partial charge in [-0.1, -0.05) is 6.92 Å². The number of nitrogens with one attached hydrogen (secondary N) is 1. The zero-order chi connectivity index (χ0) is 8.10. The molecule has 1 unspecified atom stereocenters. The lowest BCUT2D eigenvalue weighted by atomic mass is 10.4. The first-order chi connectivity index (χ1) is 5.36. The Morgan fingerprint density at radius 2 is 2.45 bits per heavy atom. The fourth-order valence-electron chi connectivity index (χ4n) is 0.893. The van der Waals surface area contributed by atoms with E-state index in [-0.39, 0.29) is 6.04 Å². The molecule has 0 spiro atoms. The molecule has 0 aromatic heterocycles. The minimum Gasteiger partial charge on any atom is -0.298 e. The summed E-state index contributed by atoms with van der Waals surface area (Å²) in [6, 6.07) is 3.00. The van der Waals surface area contributed by atoms with Gasteiger partial charge in [0.05, 0.1) is 6.07 Å². The highest BCUT2D eigenvalue weighted by Gasteiger charge is 2.23. The van der Waals surface area contributed by atoms with Crippen LogP contribution >= 0.6 is 11.8 Å².